The van der Waals surface area contributed by atoms with Gasteiger partial charge in [0, 0.05) is 51.5 Å². The fraction of sp³-hybridized carbons (Fsp3) is 0.611. The van der Waals surface area contributed by atoms with Crippen LogP contribution in [0, 0.1) is 0 Å². The molecule has 1 aromatic heterocycles. The number of rotatable bonds is 4. The molecule has 1 saturated carbocycles. The van der Waals surface area contributed by atoms with Crippen molar-refractivity contribution in [2.75, 3.05) is 37.6 Å². The summed E-state index contributed by atoms with van der Waals surface area (Å²) in [4.78, 5) is 50.9. The number of imide groups is 1. The minimum atomic E-state index is -0.707. The average Bonchev–Trinajstić information content (AvgIpc) is 3.26. The van der Waals surface area contributed by atoms with Crippen molar-refractivity contribution >= 4 is 23.8 Å². The summed E-state index contributed by atoms with van der Waals surface area (Å²) in [6, 6.07) is 1.41. The summed E-state index contributed by atoms with van der Waals surface area (Å²) in [5.41, 5.74) is -0.707. The Labute approximate surface area is 157 Å². The van der Waals surface area contributed by atoms with Crippen LogP contribution >= 0.6 is 0 Å². The maximum Gasteiger partial charge on any atom is 0.325 e. The maximum atomic E-state index is 12.6. The number of aromatic nitrogens is 2. The molecule has 1 aromatic rings. The molecule has 9 heteroatoms. The molecule has 0 aromatic carbocycles. The van der Waals surface area contributed by atoms with Crippen molar-refractivity contribution in [2.45, 2.75) is 37.6 Å². The second-order valence-electron chi connectivity index (χ2n) is 7.34. The van der Waals surface area contributed by atoms with Crippen LogP contribution in [0.5, 0.6) is 0 Å². The number of amides is 4. The number of hydrogen-bond donors (Lipinski definition) is 1. The minimum absolute atomic E-state index is 0.0309. The first-order chi connectivity index (χ1) is 13.1. The smallest absolute Gasteiger partial charge is 0.325 e. The SMILES string of the molecule is O=C(CCN1C(=O)NC2(CCCC2)C1=O)N1CCN(c2ncccn2)CC1. The van der Waals surface area contributed by atoms with Gasteiger partial charge in [0.2, 0.25) is 11.9 Å². The van der Waals surface area contributed by atoms with Gasteiger partial charge in [-0.2, -0.15) is 0 Å². The number of carbonyl (C=O) groups excluding carboxylic acids is 3. The molecule has 4 rings (SSSR count). The molecule has 1 aliphatic carbocycles. The molecule has 0 atom stereocenters. The highest BCUT2D eigenvalue weighted by molar-refractivity contribution is 6.07. The van der Waals surface area contributed by atoms with Gasteiger partial charge in [0.1, 0.15) is 5.54 Å². The van der Waals surface area contributed by atoms with Crippen molar-refractivity contribution < 1.29 is 14.4 Å². The molecule has 9 nitrogen and oxygen atoms in total. The highest BCUT2D eigenvalue weighted by atomic mass is 16.2. The number of nitrogens with zero attached hydrogens (tertiary/aromatic N) is 5. The van der Waals surface area contributed by atoms with Crippen molar-refractivity contribution in [1.29, 1.82) is 0 Å². The molecular weight excluding hydrogens is 348 g/mol. The van der Waals surface area contributed by atoms with Gasteiger partial charge in [0.15, 0.2) is 0 Å². The van der Waals surface area contributed by atoms with Crippen LogP contribution in [0.25, 0.3) is 0 Å². The van der Waals surface area contributed by atoms with E-state index in [9.17, 15) is 14.4 Å². The van der Waals surface area contributed by atoms with Gasteiger partial charge in [0.05, 0.1) is 0 Å². The van der Waals surface area contributed by atoms with Gasteiger partial charge in [-0.3, -0.25) is 14.5 Å². The van der Waals surface area contributed by atoms with Gasteiger partial charge >= 0.3 is 6.03 Å². The maximum absolute atomic E-state index is 12.6. The fourth-order valence-corrected chi connectivity index (χ4v) is 4.17. The average molecular weight is 372 g/mol. The molecule has 3 aliphatic rings. The molecule has 144 valence electrons. The lowest BCUT2D eigenvalue weighted by molar-refractivity contribution is -0.133. The number of hydrogen-bond acceptors (Lipinski definition) is 6. The largest absolute Gasteiger partial charge is 0.339 e. The van der Waals surface area contributed by atoms with Gasteiger partial charge < -0.3 is 15.1 Å². The zero-order chi connectivity index (χ0) is 18.9. The predicted octanol–water partition coefficient (Wildman–Crippen LogP) is 0.380. The predicted molar refractivity (Wildman–Crippen MR) is 96.9 cm³/mol. The van der Waals surface area contributed by atoms with Gasteiger partial charge in [-0.15, -0.1) is 0 Å². The molecule has 3 fully saturated rings. The van der Waals surface area contributed by atoms with E-state index in [2.05, 4.69) is 15.3 Å². The molecule has 3 heterocycles. The summed E-state index contributed by atoms with van der Waals surface area (Å²) >= 11 is 0. The Kier molecular flexibility index (Phi) is 4.67. The second-order valence-corrected chi connectivity index (χ2v) is 7.34. The van der Waals surface area contributed by atoms with Crippen molar-refractivity contribution in [3.05, 3.63) is 18.5 Å². The van der Waals surface area contributed by atoms with E-state index >= 15 is 0 Å². The highest BCUT2D eigenvalue weighted by Crippen LogP contribution is 2.35. The van der Waals surface area contributed by atoms with Crippen LogP contribution < -0.4 is 10.2 Å². The Morgan fingerprint density at radius 3 is 2.41 bits per heavy atom. The first-order valence-electron chi connectivity index (χ1n) is 9.53. The topological polar surface area (TPSA) is 98.7 Å². The third-order valence-electron chi connectivity index (χ3n) is 5.72. The van der Waals surface area contributed by atoms with Crippen molar-refractivity contribution in [3.8, 4) is 0 Å². The lowest BCUT2D eigenvalue weighted by Gasteiger charge is -2.34. The molecule has 27 heavy (non-hydrogen) atoms. The van der Waals surface area contributed by atoms with E-state index in [-0.39, 0.29) is 30.8 Å². The Balaban J connectivity index is 1.28. The molecule has 1 spiro atoms. The standard InChI is InChI=1S/C18H24N6O3/c25-14(22-10-12-23(13-11-22)16-19-7-3-8-20-16)4-9-24-15(26)18(21-17(24)27)5-1-2-6-18/h3,7-8H,1-2,4-6,9-13H2,(H,21,27). The Morgan fingerprint density at radius 2 is 1.74 bits per heavy atom. The molecular formula is C18H24N6O3. The Hall–Kier alpha value is -2.71. The van der Waals surface area contributed by atoms with Crippen LogP contribution in [0.2, 0.25) is 0 Å². The van der Waals surface area contributed by atoms with E-state index in [1.165, 1.54) is 4.90 Å². The zero-order valence-electron chi connectivity index (χ0n) is 15.3. The quantitative estimate of drug-likeness (QED) is 0.767. The van der Waals surface area contributed by atoms with E-state index in [0.29, 0.717) is 45.0 Å². The summed E-state index contributed by atoms with van der Waals surface area (Å²) in [6.07, 6.45) is 6.88. The van der Waals surface area contributed by atoms with E-state index in [4.69, 9.17) is 0 Å². The normalized spacial score (nSPS) is 21.9. The monoisotopic (exact) mass is 372 g/mol. The fourth-order valence-electron chi connectivity index (χ4n) is 4.17. The lowest BCUT2D eigenvalue weighted by Crippen LogP contribution is -2.50. The van der Waals surface area contributed by atoms with Gasteiger partial charge in [-0.25, -0.2) is 14.8 Å². The van der Waals surface area contributed by atoms with Crippen LogP contribution in [0.1, 0.15) is 32.1 Å². The summed E-state index contributed by atoms with van der Waals surface area (Å²) in [7, 11) is 0. The van der Waals surface area contributed by atoms with Gasteiger partial charge in [-0.1, -0.05) is 12.8 Å². The number of carbonyl (C=O) groups is 3. The third kappa shape index (κ3) is 3.33. The molecule has 0 unspecified atom stereocenters. The highest BCUT2D eigenvalue weighted by Gasteiger charge is 2.52. The number of anilines is 1. The van der Waals surface area contributed by atoms with Crippen LogP contribution in [0.15, 0.2) is 18.5 Å². The van der Waals surface area contributed by atoms with Crippen LogP contribution in [0.4, 0.5) is 10.7 Å². The second kappa shape index (κ2) is 7.13. The van der Waals surface area contributed by atoms with Crippen molar-refractivity contribution in [2.24, 2.45) is 0 Å². The van der Waals surface area contributed by atoms with Crippen LogP contribution in [0.3, 0.4) is 0 Å². The molecule has 2 aliphatic heterocycles. The number of piperazine rings is 1. The first-order valence-corrected chi connectivity index (χ1v) is 9.53. The van der Waals surface area contributed by atoms with E-state index < -0.39 is 5.54 Å². The first kappa shape index (κ1) is 17.7. The molecule has 0 bridgehead atoms. The minimum Gasteiger partial charge on any atom is -0.339 e. The molecule has 4 amide bonds. The summed E-state index contributed by atoms with van der Waals surface area (Å²) in [6.45, 7) is 2.65. The van der Waals surface area contributed by atoms with E-state index in [1.54, 1.807) is 23.4 Å². The van der Waals surface area contributed by atoms with Crippen molar-refractivity contribution in [1.82, 2.24) is 25.1 Å². The lowest BCUT2D eigenvalue weighted by atomic mass is 9.98. The van der Waals surface area contributed by atoms with Gasteiger partial charge in [-0.05, 0) is 18.9 Å². The molecule has 0 radical (unpaired) electrons. The zero-order valence-corrected chi connectivity index (χ0v) is 15.3. The van der Waals surface area contributed by atoms with Crippen molar-refractivity contribution in [3.63, 3.8) is 0 Å². The summed E-state index contributed by atoms with van der Waals surface area (Å²) in [5, 5.41) is 2.85. The summed E-state index contributed by atoms with van der Waals surface area (Å²) < 4.78 is 0. The third-order valence-corrected chi connectivity index (χ3v) is 5.72. The number of nitrogens with one attached hydrogen (secondary N) is 1. The van der Waals surface area contributed by atoms with Crippen LogP contribution in [-0.4, -0.2) is 75.9 Å². The van der Waals surface area contributed by atoms with E-state index in [1.807, 2.05) is 4.90 Å². The van der Waals surface area contributed by atoms with Gasteiger partial charge in [0.25, 0.3) is 5.91 Å². The van der Waals surface area contributed by atoms with E-state index in [0.717, 1.165) is 12.8 Å². The van der Waals surface area contributed by atoms with Crippen LogP contribution in [-0.2, 0) is 9.59 Å². The molecule has 2 saturated heterocycles. The Bertz CT molecular complexity index is 726. The molecule has 1 N–H and O–H groups in total. The Morgan fingerprint density at radius 1 is 1.07 bits per heavy atom. The number of urea groups is 1. The summed E-state index contributed by atoms with van der Waals surface area (Å²) in [5.74, 6) is 0.478.